The van der Waals surface area contributed by atoms with Gasteiger partial charge in [-0.15, -0.1) is 34.0 Å². The zero-order valence-corrected chi connectivity index (χ0v) is 30.1. The van der Waals surface area contributed by atoms with E-state index in [1.54, 1.807) is 21.6 Å². The van der Waals surface area contributed by atoms with Gasteiger partial charge in [-0.1, -0.05) is 56.8 Å². The van der Waals surface area contributed by atoms with E-state index in [4.69, 9.17) is 0 Å². The van der Waals surface area contributed by atoms with Crippen molar-refractivity contribution in [3.8, 4) is 24.3 Å². The van der Waals surface area contributed by atoms with Crippen molar-refractivity contribution in [2.75, 3.05) is 0 Å². The Morgan fingerprint density at radius 1 is 0.571 bits per heavy atom. The topological polar surface area (TPSA) is 95.2 Å². The van der Waals surface area contributed by atoms with Crippen LogP contribution in [-0.2, 0) is 5.41 Å². The van der Waals surface area contributed by atoms with E-state index in [1.165, 1.54) is 105 Å². The van der Waals surface area contributed by atoms with E-state index in [0.717, 1.165) is 49.7 Å². The smallest absolute Gasteiger partial charge is 0.132 e. The Hall–Kier alpha value is -3.98. The first-order chi connectivity index (χ1) is 24.0. The van der Waals surface area contributed by atoms with Crippen molar-refractivity contribution >= 4 is 64.0 Å². The SMILES string of the molecule is N#CC(C#N)=C1C=C(C2=CC3=C(c4sc5c(sc6cc(C7=CC(=C(C#N)C#N)CCC7)sc65)c4C34CCCCC4)C23CCCCC3)CCC1. The molecule has 6 aliphatic carbocycles. The first-order valence-corrected chi connectivity index (χ1v) is 20.5. The number of hydrogen-bond donors (Lipinski definition) is 0. The van der Waals surface area contributed by atoms with Gasteiger partial charge < -0.3 is 0 Å². The van der Waals surface area contributed by atoms with Crippen LogP contribution >= 0.6 is 34.0 Å². The second-order valence-corrected chi connectivity index (χ2v) is 17.9. The third-order valence-corrected chi connectivity index (χ3v) is 16.4. The standard InChI is InChI=1S/C42H36N4S3/c43-21-29(22-44)25-9-7-11-27(17-25)31-19-32-35(41(31)13-3-1-4-14-41)38-36(42(32)15-5-2-6-16-42)39-40(49-38)37-34(48-39)20-33(47-37)28-12-8-10-26(18-28)30(23-45)24-46/h17-20H,1-16H2. The second kappa shape index (κ2) is 11.8. The maximum Gasteiger partial charge on any atom is 0.132 e. The van der Waals surface area contributed by atoms with Crippen LogP contribution in [0.4, 0.5) is 0 Å². The van der Waals surface area contributed by atoms with E-state index in [-0.39, 0.29) is 22.0 Å². The van der Waals surface area contributed by atoms with E-state index in [9.17, 15) is 21.0 Å². The molecule has 0 radical (unpaired) electrons. The minimum Gasteiger partial charge on any atom is -0.192 e. The van der Waals surface area contributed by atoms with Crippen molar-refractivity contribution in [2.45, 2.75) is 108 Å². The summed E-state index contributed by atoms with van der Waals surface area (Å²) in [5.74, 6) is 0. The Kier molecular flexibility index (Phi) is 7.49. The molecule has 3 aromatic heterocycles. The van der Waals surface area contributed by atoms with Gasteiger partial charge in [-0.3, -0.25) is 0 Å². The lowest BCUT2D eigenvalue weighted by molar-refractivity contribution is 0.325. The van der Waals surface area contributed by atoms with Crippen molar-refractivity contribution in [3.63, 3.8) is 0 Å². The van der Waals surface area contributed by atoms with Crippen molar-refractivity contribution in [1.29, 1.82) is 21.0 Å². The summed E-state index contributed by atoms with van der Waals surface area (Å²) in [6.45, 7) is 0. The molecule has 0 aliphatic heterocycles. The maximum absolute atomic E-state index is 9.72. The van der Waals surface area contributed by atoms with Crippen LogP contribution in [0.15, 0.2) is 63.3 Å². The van der Waals surface area contributed by atoms with Crippen LogP contribution < -0.4 is 0 Å². The molecule has 0 aromatic carbocycles. The lowest BCUT2D eigenvalue weighted by Crippen LogP contribution is -2.28. The Bertz CT molecular complexity index is 2300. The quantitative estimate of drug-likeness (QED) is 0.250. The van der Waals surface area contributed by atoms with Crippen LogP contribution in [0, 0.1) is 50.7 Å². The number of fused-ring (bicyclic) bond motifs is 9. The van der Waals surface area contributed by atoms with Gasteiger partial charge in [-0.25, -0.2) is 0 Å². The molecule has 2 spiro atoms. The van der Waals surface area contributed by atoms with Gasteiger partial charge in [0.1, 0.15) is 35.4 Å². The molecule has 3 heterocycles. The molecule has 0 unspecified atom stereocenters. The average molecular weight is 693 g/mol. The molecule has 7 heteroatoms. The molecule has 4 nitrogen and oxygen atoms in total. The fourth-order valence-corrected chi connectivity index (χ4v) is 14.9. The van der Waals surface area contributed by atoms with Crippen molar-refractivity contribution < 1.29 is 0 Å². The molecule has 242 valence electrons. The minimum atomic E-state index is 0.0263. The Morgan fingerprint density at radius 2 is 1.16 bits per heavy atom. The summed E-state index contributed by atoms with van der Waals surface area (Å²) in [4.78, 5) is 2.85. The first-order valence-electron chi connectivity index (χ1n) is 18.0. The summed E-state index contributed by atoms with van der Waals surface area (Å²) in [5.41, 5.74) is 11.5. The zero-order valence-electron chi connectivity index (χ0n) is 27.6. The predicted octanol–water partition coefficient (Wildman–Crippen LogP) is 12.4. The zero-order chi connectivity index (χ0) is 33.3. The van der Waals surface area contributed by atoms with Gasteiger partial charge in [0.05, 0.1) is 14.1 Å². The van der Waals surface area contributed by atoms with Crippen LogP contribution in [0.25, 0.3) is 29.9 Å². The molecule has 0 amide bonds. The number of hydrogen-bond acceptors (Lipinski definition) is 7. The van der Waals surface area contributed by atoms with Gasteiger partial charge in [0.15, 0.2) is 0 Å². The Balaban J connectivity index is 1.21. The van der Waals surface area contributed by atoms with Gasteiger partial charge in [-0.05, 0) is 115 Å². The minimum absolute atomic E-state index is 0.0263. The average Bonchev–Trinajstić information content (AvgIpc) is 3.92. The molecule has 0 saturated heterocycles. The number of thiophene rings is 3. The van der Waals surface area contributed by atoms with Crippen LogP contribution in [0.2, 0.25) is 0 Å². The molecule has 49 heavy (non-hydrogen) atoms. The van der Waals surface area contributed by atoms with E-state index < -0.39 is 0 Å². The van der Waals surface area contributed by atoms with Crippen LogP contribution in [0.1, 0.15) is 118 Å². The third-order valence-electron chi connectivity index (χ3n) is 12.4. The summed E-state index contributed by atoms with van der Waals surface area (Å²) in [6, 6.07) is 11.0. The summed E-state index contributed by atoms with van der Waals surface area (Å²) in [5, 5.41) is 38.5. The summed E-state index contributed by atoms with van der Waals surface area (Å²) in [7, 11) is 0. The molecule has 6 aliphatic rings. The number of nitriles is 4. The van der Waals surface area contributed by atoms with E-state index in [2.05, 4.69) is 59.9 Å². The molecule has 0 atom stereocenters. The van der Waals surface area contributed by atoms with Crippen molar-refractivity contribution in [3.05, 3.63) is 78.6 Å². The number of rotatable bonds is 2. The van der Waals surface area contributed by atoms with Crippen LogP contribution in [0.5, 0.6) is 0 Å². The largest absolute Gasteiger partial charge is 0.192 e. The Morgan fingerprint density at radius 3 is 1.80 bits per heavy atom. The van der Waals surface area contributed by atoms with E-state index >= 15 is 0 Å². The van der Waals surface area contributed by atoms with Gasteiger partial charge in [0.25, 0.3) is 0 Å². The summed E-state index contributed by atoms with van der Waals surface area (Å²) < 4.78 is 5.78. The molecular weight excluding hydrogens is 657 g/mol. The highest BCUT2D eigenvalue weighted by Crippen LogP contribution is 2.71. The molecular formula is C42H36N4S3. The molecule has 2 fully saturated rings. The Labute approximate surface area is 300 Å². The molecule has 0 N–H and O–H groups in total. The van der Waals surface area contributed by atoms with Gasteiger partial charge in [0, 0.05) is 25.3 Å². The normalized spacial score (nSPS) is 22.2. The first kappa shape index (κ1) is 31.0. The molecule has 0 bridgehead atoms. The van der Waals surface area contributed by atoms with Crippen LogP contribution in [0.3, 0.4) is 0 Å². The van der Waals surface area contributed by atoms with Crippen molar-refractivity contribution in [2.24, 2.45) is 5.41 Å². The summed E-state index contributed by atoms with van der Waals surface area (Å²) >= 11 is 5.98. The fourth-order valence-electron chi connectivity index (χ4n) is 10.3. The highest BCUT2D eigenvalue weighted by molar-refractivity contribution is 7.39. The van der Waals surface area contributed by atoms with Gasteiger partial charge >= 0.3 is 0 Å². The highest BCUT2D eigenvalue weighted by atomic mass is 32.1. The molecule has 2 saturated carbocycles. The third kappa shape index (κ3) is 4.46. The highest BCUT2D eigenvalue weighted by Gasteiger charge is 2.57. The monoisotopic (exact) mass is 692 g/mol. The van der Waals surface area contributed by atoms with Crippen molar-refractivity contribution in [1.82, 2.24) is 0 Å². The number of nitrogens with zero attached hydrogens (tertiary/aromatic N) is 4. The van der Waals surface area contributed by atoms with Gasteiger partial charge in [0.2, 0.25) is 0 Å². The predicted molar refractivity (Wildman–Crippen MR) is 201 cm³/mol. The molecule has 9 rings (SSSR count). The summed E-state index contributed by atoms with van der Waals surface area (Å²) in [6.07, 6.45) is 25.1. The number of allylic oxidation sites excluding steroid dienone is 12. The molecule has 3 aromatic rings. The second-order valence-electron chi connectivity index (χ2n) is 14.8. The maximum atomic E-state index is 9.72. The van der Waals surface area contributed by atoms with E-state index in [0.29, 0.717) is 0 Å². The lowest BCUT2D eigenvalue weighted by atomic mass is 9.63. The van der Waals surface area contributed by atoms with E-state index in [1.807, 2.05) is 22.7 Å². The fraction of sp³-hybridized carbons (Fsp3) is 0.429. The lowest BCUT2D eigenvalue weighted by Gasteiger charge is -2.40. The van der Waals surface area contributed by atoms with Gasteiger partial charge in [-0.2, -0.15) is 21.0 Å². The van der Waals surface area contributed by atoms with Crippen LogP contribution in [-0.4, -0.2) is 0 Å².